The Balaban J connectivity index is 0.000000115. The van der Waals surface area contributed by atoms with Crippen LogP contribution < -0.4 is 42.9 Å². The van der Waals surface area contributed by atoms with Crippen LogP contribution in [0, 0.1) is 20.8 Å². The van der Waals surface area contributed by atoms with Gasteiger partial charge in [0.1, 0.15) is 17.5 Å². The van der Waals surface area contributed by atoms with Gasteiger partial charge in [0.25, 0.3) is 27.8 Å². The SMILES string of the molecule is C.CC(C)N1CCN(c2ccc3[nH]c(=O)c4ccccc4c3n2)CC1.Cc1cc2[nH]c(=O)c3ccccc3c2cn1.Cc1ncc2c([nH]c(=O)c3ccccc32)c1C.O=C(CN1CCCCC1)Nc1ccc2[nH]c(=O)c3ccccc3c2n1.O=c1[nH]c2ccc(N3CCN(C4CCCC4)CC3)nc2c2ccccc12. The lowest BCUT2D eigenvalue weighted by atomic mass is 10.1. The van der Waals surface area contributed by atoms with E-state index >= 15 is 0 Å². The monoisotopic (exact) mass is 1460 g/mol. The van der Waals surface area contributed by atoms with E-state index in [0.29, 0.717) is 56.4 Å². The molecule has 0 spiro atoms. The summed E-state index contributed by atoms with van der Waals surface area (Å²) < 4.78 is 0. The molecule has 4 fully saturated rings. The highest BCUT2D eigenvalue weighted by Crippen LogP contribution is 2.30. The summed E-state index contributed by atoms with van der Waals surface area (Å²) in [6.07, 6.45) is 12.7. The fraction of sp³-hybridized carbons (Fsp3) is 0.299. The van der Waals surface area contributed by atoms with Crippen molar-refractivity contribution in [1.29, 1.82) is 0 Å². The molecule has 22 nitrogen and oxygen atoms in total. The molecule has 0 radical (unpaired) electrons. The molecule has 6 N–H and O–H groups in total. The van der Waals surface area contributed by atoms with E-state index in [0.717, 1.165) is 184 Å². The summed E-state index contributed by atoms with van der Waals surface area (Å²) in [6, 6.07) is 52.7. The zero-order valence-corrected chi connectivity index (χ0v) is 61.5. The van der Waals surface area contributed by atoms with Crippen LogP contribution in [0.5, 0.6) is 0 Å². The highest BCUT2D eigenvalue weighted by atomic mass is 16.2. The number of piperazine rings is 2. The molecular formula is C87H92N16O6. The molecule has 0 atom stereocenters. The first-order valence-electron chi connectivity index (χ1n) is 37.6. The van der Waals surface area contributed by atoms with Gasteiger partial charge in [-0.25, -0.2) is 15.0 Å². The number of amides is 1. The van der Waals surface area contributed by atoms with Crippen molar-refractivity contribution in [2.45, 2.75) is 99.1 Å². The Labute approximate surface area is 629 Å². The van der Waals surface area contributed by atoms with E-state index in [9.17, 15) is 28.8 Å². The predicted molar refractivity (Wildman–Crippen MR) is 444 cm³/mol. The number of anilines is 3. The number of rotatable bonds is 7. The van der Waals surface area contributed by atoms with Crippen molar-refractivity contribution in [3.05, 3.63) is 245 Å². The molecule has 3 aliphatic heterocycles. The van der Waals surface area contributed by atoms with Gasteiger partial charge in [0, 0.05) is 142 Å². The minimum Gasteiger partial charge on any atom is -0.354 e. The fourth-order valence-electron chi connectivity index (χ4n) is 15.6. The fourth-order valence-corrected chi connectivity index (χ4v) is 15.6. The van der Waals surface area contributed by atoms with Crippen LogP contribution in [0.25, 0.3) is 109 Å². The van der Waals surface area contributed by atoms with Crippen LogP contribution in [0.2, 0.25) is 0 Å². The van der Waals surface area contributed by atoms with E-state index < -0.39 is 0 Å². The van der Waals surface area contributed by atoms with Crippen molar-refractivity contribution in [2.75, 3.05) is 87.1 Å². The van der Waals surface area contributed by atoms with Crippen LogP contribution in [0.3, 0.4) is 0 Å². The number of fused-ring (bicyclic) bond motifs is 15. The van der Waals surface area contributed by atoms with Crippen LogP contribution in [-0.4, -0.2) is 155 Å². The van der Waals surface area contributed by atoms with Crippen molar-refractivity contribution in [1.82, 2.24) is 64.5 Å². The van der Waals surface area contributed by atoms with Gasteiger partial charge in [-0.3, -0.25) is 53.4 Å². The van der Waals surface area contributed by atoms with Crippen molar-refractivity contribution in [2.24, 2.45) is 0 Å². The van der Waals surface area contributed by atoms with Gasteiger partial charge in [0.2, 0.25) is 5.91 Å². The largest absolute Gasteiger partial charge is 0.354 e. The summed E-state index contributed by atoms with van der Waals surface area (Å²) in [6.45, 7) is 21.0. The average Bonchev–Trinajstić information content (AvgIpc) is 1.36. The molecule has 10 aromatic heterocycles. The molecule has 0 unspecified atom stereocenters. The van der Waals surface area contributed by atoms with Crippen LogP contribution in [0.4, 0.5) is 17.5 Å². The van der Waals surface area contributed by atoms with Crippen LogP contribution in [-0.2, 0) is 4.79 Å². The topological polar surface area (TPSA) is 274 Å². The number of likely N-dealkylation sites (tertiary alicyclic amines) is 1. The number of aromatic amines is 5. The lowest BCUT2D eigenvalue weighted by molar-refractivity contribution is -0.117. The number of aromatic nitrogens is 10. The maximum absolute atomic E-state index is 12.3. The van der Waals surface area contributed by atoms with E-state index in [1.54, 1.807) is 18.2 Å². The summed E-state index contributed by atoms with van der Waals surface area (Å²) in [5.41, 5.74) is 9.00. The number of hydrogen-bond acceptors (Lipinski definition) is 16. The third-order valence-electron chi connectivity index (χ3n) is 21.6. The molecule has 13 heterocycles. The van der Waals surface area contributed by atoms with E-state index in [4.69, 9.17) is 9.97 Å². The minimum atomic E-state index is -0.133. The highest BCUT2D eigenvalue weighted by molar-refractivity contribution is 6.08. The van der Waals surface area contributed by atoms with Crippen LogP contribution in [0.1, 0.15) is 83.2 Å². The smallest absolute Gasteiger partial charge is 0.256 e. The zero-order chi connectivity index (χ0) is 74.5. The van der Waals surface area contributed by atoms with Gasteiger partial charge in [-0.05, 0) is 163 Å². The van der Waals surface area contributed by atoms with Gasteiger partial charge >= 0.3 is 0 Å². The normalized spacial score (nSPS) is 15.2. The van der Waals surface area contributed by atoms with E-state index in [-0.39, 0.29) is 41.1 Å². The Morgan fingerprint density at radius 2 is 0.844 bits per heavy atom. The van der Waals surface area contributed by atoms with Crippen molar-refractivity contribution in [3.8, 4) is 0 Å². The number of aryl methyl sites for hydroxylation is 3. The standard InChI is InChI=1S/C21H24N4O.C19H20N4O2.C19H22N4O.C14H12N2O.C13H10N2O.CH4/c26-21-17-8-4-3-7-16(17)20-18(22-21)9-10-19(23-20)25-13-11-24(12-14-25)15-5-1-2-6-15;24-17(12-23-10-4-1-5-11-23)21-16-9-8-15-18(22-16)13-6-2-3-7-14(13)19(25)20-15;1-13(2)22-9-11-23(12-10-22)17-8-7-16-18(21-17)14-5-3-4-6-15(14)19(24)20-16;1-8-9(2)15-7-12-10-5-3-4-6-11(10)14(17)16-13(8)12;1-8-6-12-11(7-14-8)9-4-2-3-5-10(9)13(16)15-12;/h3-4,7-10,15H,1-2,5-6,11-14H2,(H,22,26);2-3,6-9H,1,4-5,10-12H2,(H,20,25)(H,21,22,24);3-8,13H,9-12H2,1-2H3,(H,20,24);3-7H,1-2H3,(H,16,17);2-7H,1H3,(H,15,16);1H4. The maximum Gasteiger partial charge on any atom is 0.256 e. The number of nitrogens with one attached hydrogen (secondary N) is 6. The van der Waals surface area contributed by atoms with E-state index in [1.807, 2.05) is 179 Å². The summed E-state index contributed by atoms with van der Waals surface area (Å²) in [4.78, 5) is 122. The van der Waals surface area contributed by atoms with Gasteiger partial charge in [-0.1, -0.05) is 118 Å². The Kier molecular flexibility index (Phi) is 22.2. The average molecular weight is 1460 g/mol. The number of carbonyl (C=O) groups is 1. The number of piperidine rings is 1. The molecule has 3 saturated heterocycles. The number of hydrogen-bond donors (Lipinski definition) is 6. The molecule has 1 saturated carbocycles. The Morgan fingerprint density at radius 1 is 0.431 bits per heavy atom. The van der Waals surface area contributed by atoms with E-state index in [1.165, 1.54) is 32.1 Å². The molecule has 19 rings (SSSR count). The first kappa shape index (κ1) is 74.0. The number of benzene rings is 5. The molecule has 22 heteroatoms. The zero-order valence-electron chi connectivity index (χ0n) is 61.5. The van der Waals surface area contributed by atoms with Crippen LogP contribution >= 0.6 is 0 Å². The van der Waals surface area contributed by atoms with Crippen molar-refractivity contribution >= 4 is 132 Å². The van der Waals surface area contributed by atoms with Crippen LogP contribution in [0.15, 0.2) is 200 Å². The molecule has 4 aliphatic rings. The van der Waals surface area contributed by atoms with Gasteiger partial charge in [0.05, 0.1) is 50.7 Å². The van der Waals surface area contributed by atoms with Crippen molar-refractivity contribution < 1.29 is 4.79 Å². The van der Waals surface area contributed by atoms with Gasteiger partial charge in [-0.15, -0.1) is 0 Å². The van der Waals surface area contributed by atoms with Gasteiger partial charge in [-0.2, -0.15) is 0 Å². The van der Waals surface area contributed by atoms with E-state index in [2.05, 4.69) is 83.5 Å². The number of carbonyl (C=O) groups excluding carboxylic acids is 1. The first-order chi connectivity index (χ1) is 52.6. The third-order valence-corrected chi connectivity index (χ3v) is 21.6. The molecule has 15 aromatic rings. The summed E-state index contributed by atoms with van der Waals surface area (Å²) >= 11 is 0. The Morgan fingerprint density at radius 3 is 1.34 bits per heavy atom. The quantitative estimate of drug-likeness (QED) is 0.0809. The summed E-state index contributed by atoms with van der Waals surface area (Å²) in [7, 11) is 0. The second-order valence-electron chi connectivity index (χ2n) is 28.8. The Bertz CT molecular complexity index is 6200. The summed E-state index contributed by atoms with van der Waals surface area (Å²) in [5, 5.41) is 12.8. The summed E-state index contributed by atoms with van der Waals surface area (Å²) in [5.74, 6) is 2.46. The van der Waals surface area contributed by atoms with Crippen molar-refractivity contribution in [3.63, 3.8) is 0 Å². The molecule has 1 aliphatic carbocycles. The molecule has 1 amide bonds. The lowest BCUT2D eigenvalue weighted by Crippen LogP contribution is -2.50. The molecule has 556 valence electrons. The number of nitrogens with zero attached hydrogens (tertiary/aromatic N) is 10. The highest BCUT2D eigenvalue weighted by Gasteiger charge is 2.28. The minimum absolute atomic E-state index is 0. The van der Waals surface area contributed by atoms with Gasteiger partial charge in [0.15, 0.2) is 0 Å². The second-order valence-corrected chi connectivity index (χ2v) is 28.8. The molecule has 5 aromatic carbocycles. The van der Waals surface area contributed by atoms with Gasteiger partial charge < -0.3 is 40.0 Å². The molecule has 0 bridgehead atoms. The molecular weight excluding hydrogens is 1370 g/mol. The predicted octanol–water partition coefficient (Wildman–Crippen LogP) is 14.0. The maximum atomic E-state index is 12.3. The lowest BCUT2D eigenvalue weighted by Gasteiger charge is -2.38. The molecule has 109 heavy (non-hydrogen) atoms. The number of H-pyrrole nitrogens is 5. The number of pyridine rings is 10. The third kappa shape index (κ3) is 16.0. The second kappa shape index (κ2) is 32.7. The Hall–Kier alpha value is -11.9. The first-order valence-corrected chi connectivity index (χ1v) is 37.6.